The molecule has 112 valence electrons. The van der Waals surface area contributed by atoms with E-state index in [1.807, 2.05) is 38.1 Å². The van der Waals surface area contributed by atoms with E-state index in [9.17, 15) is 4.79 Å². The van der Waals surface area contributed by atoms with Gasteiger partial charge in [-0.1, -0.05) is 30.3 Å². The Morgan fingerprint density at radius 3 is 2.57 bits per heavy atom. The van der Waals surface area contributed by atoms with Crippen LogP contribution in [0, 0.1) is 13.8 Å². The SMILES string of the molecule is Cc1cc(C(=O)NCCN)c(C)n1C(C)c1ccccc1. The Morgan fingerprint density at radius 1 is 1.29 bits per heavy atom. The molecule has 0 aliphatic rings. The van der Waals surface area contributed by atoms with Gasteiger partial charge in [0.05, 0.1) is 11.6 Å². The van der Waals surface area contributed by atoms with Crippen LogP contribution in [0.3, 0.4) is 0 Å². The molecule has 1 unspecified atom stereocenters. The van der Waals surface area contributed by atoms with Crippen molar-refractivity contribution in [2.75, 3.05) is 13.1 Å². The van der Waals surface area contributed by atoms with Crippen LogP contribution in [0.25, 0.3) is 0 Å². The fraction of sp³-hybridized carbons (Fsp3) is 0.353. The molecule has 21 heavy (non-hydrogen) atoms. The summed E-state index contributed by atoms with van der Waals surface area (Å²) in [6.07, 6.45) is 0. The van der Waals surface area contributed by atoms with E-state index in [1.165, 1.54) is 5.56 Å². The molecule has 0 saturated heterocycles. The van der Waals surface area contributed by atoms with Gasteiger partial charge in [-0.15, -0.1) is 0 Å². The first-order valence-electron chi connectivity index (χ1n) is 7.28. The Kier molecular flexibility index (Phi) is 4.81. The summed E-state index contributed by atoms with van der Waals surface area (Å²) >= 11 is 0. The maximum absolute atomic E-state index is 12.2. The molecule has 0 radical (unpaired) electrons. The lowest BCUT2D eigenvalue weighted by molar-refractivity contribution is 0.0954. The average molecular weight is 285 g/mol. The van der Waals surface area contributed by atoms with Crippen LogP contribution in [0.5, 0.6) is 0 Å². The highest BCUT2D eigenvalue weighted by Crippen LogP contribution is 2.25. The summed E-state index contributed by atoms with van der Waals surface area (Å²) in [5.74, 6) is -0.0555. The molecule has 4 heteroatoms. The quantitative estimate of drug-likeness (QED) is 0.886. The Morgan fingerprint density at radius 2 is 1.95 bits per heavy atom. The van der Waals surface area contributed by atoms with Crippen LogP contribution in [0.15, 0.2) is 36.4 Å². The fourth-order valence-electron chi connectivity index (χ4n) is 2.76. The third-order valence-electron chi connectivity index (χ3n) is 3.83. The number of carbonyl (C=O) groups is 1. The van der Waals surface area contributed by atoms with Crippen molar-refractivity contribution >= 4 is 5.91 Å². The number of hydrogen-bond acceptors (Lipinski definition) is 2. The van der Waals surface area contributed by atoms with Crippen molar-refractivity contribution < 1.29 is 4.79 Å². The lowest BCUT2D eigenvalue weighted by atomic mass is 10.1. The molecular formula is C17H23N3O. The summed E-state index contributed by atoms with van der Waals surface area (Å²) in [6, 6.07) is 12.4. The summed E-state index contributed by atoms with van der Waals surface area (Å²) in [4.78, 5) is 12.2. The number of benzene rings is 1. The van der Waals surface area contributed by atoms with Gasteiger partial charge in [-0.25, -0.2) is 0 Å². The van der Waals surface area contributed by atoms with Gasteiger partial charge in [-0.05, 0) is 32.4 Å². The molecule has 2 aromatic rings. The van der Waals surface area contributed by atoms with Crippen LogP contribution in [0.4, 0.5) is 0 Å². The minimum Gasteiger partial charge on any atom is -0.351 e. The molecule has 4 nitrogen and oxygen atoms in total. The van der Waals surface area contributed by atoms with Crippen molar-refractivity contribution in [2.45, 2.75) is 26.8 Å². The number of carbonyl (C=O) groups excluding carboxylic acids is 1. The molecule has 1 atom stereocenters. The van der Waals surface area contributed by atoms with Crippen molar-refractivity contribution in [3.05, 3.63) is 58.9 Å². The predicted octanol–water partition coefficient (Wildman–Crippen LogP) is 2.40. The fourth-order valence-corrected chi connectivity index (χ4v) is 2.76. The van der Waals surface area contributed by atoms with E-state index in [-0.39, 0.29) is 11.9 Å². The molecule has 1 amide bonds. The zero-order chi connectivity index (χ0) is 15.4. The second kappa shape index (κ2) is 6.59. The molecule has 0 saturated carbocycles. The lowest BCUT2D eigenvalue weighted by Gasteiger charge is -2.19. The van der Waals surface area contributed by atoms with E-state index in [2.05, 4.69) is 28.9 Å². The largest absolute Gasteiger partial charge is 0.351 e. The standard InChI is InChI=1S/C17H23N3O/c1-12-11-16(17(21)19-10-9-18)14(3)20(12)13(2)15-7-5-4-6-8-15/h4-8,11,13H,9-10,18H2,1-3H3,(H,19,21). The summed E-state index contributed by atoms with van der Waals surface area (Å²) < 4.78 is 2.20. The van der Waals surface area contributed by atoms with Crippen molar-refractivity contribution in [2.24, 2.45) is 5.73 Å². The van der Waals surface area contributed by atoms with E-state index in [0.717, 1.165) is 17.0 Å². The Labute approximate surface area is 126 Å². The van der Waals surface area contributed by atoms with Crippen LogP contribution < -0.4 is 11.1 Å². The maximum Gasteiger partial charge on any atom is 0.253 e. The first kappa shape index (κ1) is 15.3. The summed E-state index contributed by atoms with van der Waals surface area (Å²) in [7, 11) is 0. The maximum atomic E-state index is 12.2. The van der Waals surface area contributed by atoms with Gasteiger partial charge in [0, 0.05) is 24.5 Å². The molecular weight excluding hydrogens is 262 g/mol. The highest BCUT2D eigenvalue weighted by molar-refractivity contribution is 5.95. The van der Waals surface area contributed by atoms with Crippen LogP contribution in [-0.4, -0.2) is 23.6 Å². The third-order valence-corrected chi connectivity index (χ3v) is 3.83. The second-order valence-corrected chi connectivity index (χ2v) is 5.29. The second-order valence-electron chi connectivity index (χ2n) is 5.29. The van der Waals surface area contributed by atoms with Gasteiger partial charge >= 0.3 is 0 Å². The number of rotatable bonds is 5. The molecule has 1 aromatic heterocycles. The minimum absolute atomic E-state index is 0.0555. The highest BCUT2D eigenvalue weighted by Gasteiger charge is 2.19. The lowest BCUT2D eigenvalue weighted by Crippen LogP contribution is -2.29. The van der Waals surface area contributed by atoms with Crippen molar-refractivity contribution in [3.63, 3.8) is 0 Å². The number of nitrogens with two attached hydrogens (primary N) is 1. The van der Waals surface area contributed by atoms with E-state index >= 15 is 0 Å². The Bertz CT molecular complexity index is 616. The van der Waals surface area contributed by atoms with Gasteiger partial charge in [0.25, 0.3) is 5.91 Å². The van der Waals surface area contributed by atoms with Gasteiger partial charge in [0.2, 0.25) is 0 Å². The molecule has 3 N–H and O–H groups in total. The van der Waals surface area contributed by atoms with E-state index in [1.54, 1.807) is 0 Å². The monoisotopic (exact) mass is 285 g/mol. The smallest absolute Gasteiger partial charge is 0.253 e. The first-order valence-corrected chi connectivity index (χ1v) is 7.28. The van der Waals surface area contributed by atoms with Crippen molar-refractivity contribution in [1.29, 1.82) is 0 Å². The van der Waals surface area contributed by atoms with Gasteiger partial charge in [-0.3, -0.25) is 4.79 Å². The van der Waals surface area contributed by atoms with Crippen LogP contribution in [0.1, 0.15) is 40.3 Å². The van der Waals surface area contributed by atoms with Crippen LogP contribution in [0.2, 0.25) is 0 Å². The van der Waals surface area contributed by atoms with Gasteiger partial charge < -0.3 is 15.6 Å². The summed E-state index contributed by atoms with van der Waals surface area (Å²) in [5, 5.41) is 2.83. The molecule has 0 aliphatic heterocycles. The number of hydrogen-bond donors (Lipinski definition) is 2. The zero-order valence-electron chi connectivity index (χ0n) is 12.9. The third kappa shape index (κ3) is 3.16. The van der Waals surface area contributed by atoms with Crippen molar-refractivity contribution in [1.82, 2.24) is 9.88 Å². The summed E-state index contributed by atoms with van der Waals surface area (Å²) in [5.41, 5.74) is 9.46. The van der Waals surface area contributed by atoms with Crippen LogP contribution in [-0.2, 0) is 0 Å². The average Bonchev–Trinajstić information content (AvgIpc) is 2.80. The molecule has 0 bridgehead atoms. The normalized spacial score (nSPS) is 12.2. The van der Waals surface area contributed by atoms with Gasteiger partial charge in [0.15, 0.2) is 0 Å². The molecule has 1 aromatic carbocycles. The molecule has 0 spiro atoms. The van der Waals surface area contributed by atoms with E-state index in [0.29, 0.717) is 13.1 Å². The number of aromatic nitrogens is 1. The predicted molar refractivity (Wildman–Crippen MR) is 85.5 cm³/mol. The zero-order valence-corrected chi connectivity index (χ0v) is 12.9. The Hall–Kier alpha value is -2.07. The molecule has 2 rings (SSSR count). The van der Waals surface area contributed by atoms with Gasteiger partial charge in [-0.2, -0.15) is 0 Å². The number of aryl methyl sites for hydroxylation is 1. The molecule has 1 heterocycles. The molecule has 0 fully saturated rings. The van der Waals surface area contributed by atoms with Crippen molar-refractivity contribution in [3.8, 4) is 0 Å². The van der Waals surface area contributed by atoms with E-state index in [4.69, 9.17) is 5.73 Å². The van der Waals surface area contributed by atoms with Crippen LogP contribution >= 0.6 is 0 Å². The van der Waals surface area contributed by atoms with Gasteiger partial charge in [0.1, 0.15) is 0 Å². The Balaban J connectivity index is 2.33. The summed E-state index contributed by atoms with van der Waals surface area (Å²) in [6.45, 7) is 7.12. The number of nitrogens with one attached hydrogen (secondary N) is 1. The topological polar surface area (TPSA) is 60.1 Å². The molecule has 0 aliphatic carbocycles. The minimum atomic E-state index is -0.0555. The number of amides is 1. The number of nitrogens with zero attached hydrogens (tertiary/aromatic N) is 1. The first-order chi connectivity index (χ1) is 10.1. The highest BCUT2D eigenvalue weighted by atomic mass is 16.1. The van der Waals surface area contributed by atoms with E-state index < -0.39 is 0 Å².